The third-order valence-electron chi connectivity index (χ3n) is 6.41. The van der Waals surface area contributed by atoms with Crippen LogP contribution in [0.5, 0.6) is 11.5 Å². The number of fused-ring (bicyclic) bond motifs is 1. The van der Waals surface area contributed by atoms with E-state index in [0.717, 1.165) is 34.5 Å². The molecule has 0 bridgehead atoms. The van der Waals surface area contributed by atoms with E-state index in [9.17, 15) is 13.6 Å². The Morgan fingerprint density at radius 3 is 2.35 bits per heavy atom. The quantitative estimate of drug-likeness (QED) is 0.184. The van der Waals surface area contributed by atoms with Gasteiger partial charge in [0.1, 0.15) is 0 Å². The second kappa shape index (κ2) is 13.3. The van der Waals surface area contributed by atoms with E-state index in [1.54, 1.807) is 18.2 Å². The number of primary amides is 1. The minimum atomic E-state index is -2.12. The molecule has 0 spiro atoms. The number of pyridine rings is 1. The van der Waals surface area contributed by atoms with Crippen molar-refractivity contribution in [3.8, 4) is 11.5 Å². The Morgan fingerprint density at radius 2 is 1.73 bits per heavy atom. The first-order chi connectivity index (χ1) is 19.3. The standard InChI is InChI=1S/C30H34N4O5S/c1-4-22-20(16-32-21-12-10-19(11-13-21)18-40(36)37)8-7-9-25(22)34-29-23-14-27(38-5-2)28(39-6-3)15-26(23)33-17-24(29)30(31)35/h7-15,17,32H,4-6,16,18H2,1-3H3,(H2,31,35)(H,33,34)(H,36,37)/p-1. The SMILES string of the molecule is CCOc1cc2ncc(C(N)=O)c(Nc3cccc(CNc4ccc(CS(=O)[O-])cc4)c3CC)c2cc1OCC. The molecule has 4 aromatic rings. The highest BCUT2D eigenvalue weighted by molar-refractivity contribution is 7.78. The van der Waals surface area contributed by atoms with Crippen LogP contribution in [0.15, 0.2) is 60.8 Å². The molecule has 3 aromatic carbocycles. The number of carbonyl (C=O) groups is 1. The maximum Gasteiger partial charge on any atom is 0.252 e. The van der Waals surface area contributed by atoms with E-state index in [2.05, 4.69) is 22.5 Å². The molecule has 40 heavy (non-hydrogen) atoms. The smallest absolute Gasteiger partial charge is 0.252 e. The number of amides is 1. The van der Waals surface area contributed by atoms with Crippen LogP contribution in [0.2, 0.25) is 0 Å². The Morgan fingerprint density at radius 1 is 1.02 bits per heavy atom. The first kappa shape index (κ1) is 28.8. The number of carbonyl (C=O) groups excluding carboxylic acids is 1. The summed E-state index contributed by atoms with van der Waals surface area (Å²) in [5.74, 6) is 0.538. The van der Waals surface area contributed by atoms with Crippen molar-refractivity contribution < 1.29 is 23.0 Å². The van der Waals surface area contributed by atoms with E-state index in [-0.39, 0.29) is 11.3 Å². The van der Waals surface area contributed by atoms with Gasteiger partial charge in [-0.15, -0.1) is 0 Å². The van der Waals surface area contributed by atoms with Gasteiger partial charge in [-0.25, -0.2) is 0 Å². The molecule has 0 fully saturated rings. The van der Waals surface area contributed by atoms with Gasteiger partial charge in [0.2, 0.25) is 0 Å². The van der Waals surface area contributed by atoms with E-state index in [1.165, 1.54) is 6.20 Å². The molecule has 4 N–H and O–H groups in total. The highest BCUT2D eigenvalue weighted by Gasteiger charge is 2.18. The molecule has 10 heteroatoms. The van der Waals surface area contributed by atoms with Crippen LogP contribution in [-0.4, -0.2) is 32.9 Å². The minimum absolute atomic E-state index is 0.00996. The van der Waals surface area contributed by atoms with Gasteiger partial charge in [-0.05, 0) is 61.2 Å². The van der Waals surface area contributed by atoms with Crippen LogP contribution in [0.1, 0.15) is 47.8 Å². The Bertz CT molecular complexity index is 1530. The Kier molecular flexibility index (Phi) is 9.57. The molecule has 0 saturated carbocycles. The van der Waals surface area contributed by atoms with Gasteiger partial charge in [0.15, 0.2) is 11.5 Å². The van der Waals surface area contributed by atoms with Gasteiger partial charge < -0.3 is 30.4 Å². The van der Waals surface area contributed by atoms with Crippen LogP contribution < -0.4 is 25.8 Å². The normalized spacial score (nSPS) is 11.7. The van der Waals surface area contributed by atoms with Gasteiger partial charge in [0.05, 0.1) is 30.0 Å². The topological polar surface area (TPSA) is 139 Å². The number of rotatable bonds is 13. The fourth-order valence-electron chi connectivity index (χ4n) is 4.58. The Balaban J connectivity index is 1.69. The van der Waals surface area contributed by atoms with Crippen molar-refractivity contribution in [2.75, 3.05) is 23.8 Å². The highest BCUT2D eigenvalue weighted by atomic mass is 32.2. The number of ether oxygens (including phenoxy) is 2. The first-order valence-corrected chi connectivity index (χ1v) is 14.4. The summed E-state index contributed by atoms with van der Waals surface area (Å²) in [6, 6.07) is 16.9. The zero-order valence-corrected chi connectivity index (χ0v) is 23.6. The van der Waals surface area contributed by atoms with Gasteiger partial charge >= 0.3 is 0 Å². The van der Waals surface area contributed by atoms with Crippen molar-refractivity contribution in [3.63, 3.8) is 0 Å². The summed E-state index contributed by atoms with van der Waals surface area (Å²) >= 11 is -2.12. The van der Waals surface area contributed by atoms with E-state index in [0.29, 0.717) is 47.8 Å². The number of aromatic nitrogens is 1. The van der Waals surface area contributed by atoms with Crippen LogP contribution in [0.4, 0.5) is 17.1 Å². The summed E-state index contributed by atoms with van der Waals surface area (Å²) in [6.07, 6.45) is 2.22. The molecule has 0 aliphatic carbocycles. The maximum absolute atomic E-state index is 12.4. The molecule has 1 aromatic heterocycles. The molecule has 4 rings (SSSR count). The van der Waals surface area contributed by atoms with Crippen LogP contribution in [-0.2, 0) is 29.8 Å². The van der Waals surface area contributed by atoms with Crippen LogP contribution in [0.3, 0.4) is 0 Å². The molecule has 9 nitrogen and oxygen atoms in total. The first-order valence-electron chi connectivity index (χ1n) is 13.1. The maximum atomic E-state index is 12.4. The van der Waals surface area contributed by atoms with Crippen molar-refractivity contribution in [2.45, 2.75) is 39.5 Å². The predicted molar refractivity (Wildman–Crippen MR) is 158 cm³/mol. The largest absolute Gasteiger partial charge is 0.772 e. The zero-order chi connectivity index (χ0) is 28.6. The predicted octanol–water partition coefficient (Wildman–Crippen LogP) is 5.43. The molecule has 0 radical (unpaired) electrons. The summed E-state index contributed by atoms with van der Waals surface area (Å²) in [4.78, 5) is 16.9. The molecule has 210 valence electrons. The third-order valence-corrected chi connectivity index (χ3v) is 6.98. The van der Waals surface area contributed by atoms with Crippen molar-refractivity contribution in [1.82, 2.24) is 4.98 Å². The van der Waals surface area contributed by atoms with Crippen molar-refractivity contribution in [2.24, 2.45) is 5.73 Å². The number of hydrogen-bond acceptors (Lipinski definition) is 8. The molecular formula is C30H33N4O5S-. The van der Waals surface area contributed by atoms with E-state index in [1.807, 2.05) is 50.2 Å². The molecule has 0 saturated heterocycles. The Hall–Kier alpha value is -4.15. The second-order valence-electron chi connectivity index (χ2n) is 9.01. The van der Waals surface area contributed by atoms with Gasteiger partial charge in [-0.2, -0.15) is 0 Å². The zero-order valence-electron chi connectivity index (χ0n) is 22.8. The summed E-state index contributed by atoms with van der Waals surface area (Å²) in [6.45, 7) is 7.35. The van der Waals surface area contributed by atoms with Crippen molar-refractivity contribution in [3.05, 3.63) is 83.0 Å². The van der Waals surface area contributed by atoms with Crippen molar-refractivity contribution >= 4 is 45.0 Å². The fourth-order valence-corrected chi connectivity index (χ4v) is 5.04. The lowest BCUT2D eigenvalue weighted by Gasteiger charge is -2.20. The number of nitrogens with two attached hydrogens (primary N) is 1. The fraction of sp³-hybridized carbons (Fsp3) is 0.267. The van der Waals surface area contributed by atoms with E-state index >= 15 is 0 Å². The number of anilines is 3. The molecule has 0 aliphatic heterocycles. The summed E-state index contributed by atoms with van der Waals surface area (Å²) < 4.78 is 33.5. The van der Waals surface area contributed by atoms with Gasteiger partial charge in [-0.3, -0.25) is 14.0 Å². The monoisotopic (exact) mass is 561 g/mol. The molecular weight excluding hydrogens is 528 g/mol. The average Bonchev–Trinajstić information content (AvgIpc) is 2.93. The van der Waals surface area contributed by atoms with Crippen LogP contribution in [0.25, 0.3) is 10.9 Å². The summed E-state index contributed by atoms with van der Waals surface area (Å²) in [5.41, 5.74) is 11.8. The molecule has 1 atom stereocenters. The molecule has 1 amide bonds. The molecule has 1 unspecified atom stereocenters. The van der Waals surface area contributed by atoms with Crippen molar-refractivity contribution in [1.29, 1.82) is 0 Å². The van der Waals surface area contributed by atoms with Crippen LogP contribution >= 0.6 is 0 Å². The van der Waals surface area contributed by atoms with Gasteiger partial charge in [0, 0.05) is 41.3 Å². The Labute approximate surface area is 236 Å². The number of benzene rings is 3. The highest BCUT2D eigenvalue weighted by Crippen LogP contribution is 2.38. The summed E-state index contributed by atoms with van der Waals surface area (Å²) in [7, 11) is 0. The van der Waals surface area contributed by atoms with Gasteiger partial charge in [-0.1, -0.05) is 42.3 Å². The van der Waals surface area contributed by atoms with E-state index < -0.39 is 17.0 Å². The average molecular weight is 562 g/mol. The lowest BCUT2D eigenvalue weighted by molar-refractivity contribution is 0.100. The number of nitrogens with one attached hydrogen (secondary N) is 2. The number of nitrogens with zero attached hydrogens (tertiary/aromatic N) is 1. The summed E-state index contributed by atoms with van der Waals surface area (Å²) in [5, 5.41) is 7.58. The van der Waals surface area contributed by atoms with Crippen LogP contribution in [0, 0.1) is 0 Å². The minimum Gasteiger partial charge on any atom is -0.772 e. The molecule has 1 heterocycles. The van der Waals surface area contributed by atoms with Gasteiger partial charge in [0.25, 0.3) is 5.91 Å². The second-order valence-corrected chi connectivity index (χ2v) is 9.91. The lowest BCUT2D eigenvalue weighted by Crippen LogP contribution is -2.15. The van der Waals surface area contributed by atoms with E-state index in [4.69, 9.17) is 15.2 Å². The third kappa shape index (κ3) is 6.70. The number of hydrogen-bond donors (Lipinski definition) is 3. The molecule has 0 aliphatic rings. The lowest BCUT2D eigenvalue weighted by atomic mass is 10.0.